The first-order valence-electron chi connectivity index (χ1n) is 14.6. The molecule has 0 aliphatic carbocycles. The third-order valence-electron chi connectivity index (χ3n) is 7.97. The molecule has 228 valence electrons. The van der Waals surface area contributed by atoms with E-state index in [-0.39, 0.29) is 16.4 Å². The van der Waals surface area contributed by atoms with Gasteiger partial charge < -0.3 is 24.9 Å². The number of rotatable bonds is 11. The van der Waals surface area contributed by atoms with Gasteiger partial charge in [0.2, 0.25) is 0 Å². The number of pyridine rings is 1. The van der Waals surface area contributed by atoms with Gasteiger partial charge in [-0.05, 0) is 66.0 Å². The van der Waals surface area contributed by atoms with Crippen LogP contribution >= 0.6 is 0 Å². The van der Waals surface area contributed by atoms with Gasteiger partial charge in [0.05, 0.1) is 12.3 Å². The molecule has 9 heteroatoms. The number of hydrogen-bond donors (Lipinski definition) is 2. The van der Waals surface area contributed by atoms with E-state index in [4.69, 9.17) is 14.9 Å². The van der Waals surface area contributed by atoms with Gasteiger partial charge in [0.25, 0.3) is 8.32 Å². The first kappa shape index (κ1) is 32.1. The molecule has 0 radical (unpaired) electrons. The second kappa shape index (κ2) is 13.7. The van der Waals surface area contributed by atoms with Gasteiger partial charge in [-0.1, -0.05) is 75.4 Å². The molecule has 0 saturated carbocycles. The molecule has 0 bridgehead atoms. The number of nitrogen functional groups attached to an aromatic ring is 1. The summed E-state index contributed by atoms with van der Waals surface area (Å²) in [5.74, 6) is 1.48. The van der Waals surface area contributed by atoms with Gasteiger partial charge in [-0.15, -0.1) is 0 Å². The number of hydrogen-bond acceptors (Lipinski definition) is 6. The predicted molar refractivity (Wildman–Crippen MR) is 177 cm³/mol. The SMILES string of the molecule is CC(C)(C)[Si](C)(C)Oc1ccccc1-c1cc(-c2cccc(OCCCN(Cc3ccccc3)C(=O)O)c2)c(C#N)c(N)n1. The van der Waals surface area contributed by atoms with Crippen LogP contribution in [0.15, 0.2) is 84.9 Å². The maximum Gasteiger partial charge on any atom is 0.407 e. The second-order valence-electron chi connectivity index (χ2n) is 12.2. The number of para-hydroxylation sites is 1. The Morgan fingerprint density at radius 3 is 2.39 bits per heavy atom. The quantitative estimate of drug-likeness (QED) is 0.130. The van der Waals surface area contributed by atoms with E-state index >= 15 is 0 Å². The molecule has 3 aromatic carbocycles. The van der Waals surface area contributed by atoms with Crippen LogP contribution in [0.25, 0.3) is 22.4 Å². The molecule has 0 unspecified atom stereocenters. The van der Waals surface area contributed by atoms with Crippen molar-refractivity contribution < 1.29 is 19.1 Å². The topological polar surface area (TPSA) is 122 Å². The summed E-state index contributed by atoms with van der Waals surface area (Å²) in [6, 6.07) is 28.8. The zero-order valence-electron chi connectivity index (χ0n) is 26.0. The molecule has 4 rings (SSSR count). The van der Waals surface area contributed by atoms with E-state index in [1.807, 2.05) is 84.9 Å². The van der Waals surface area contributed by atoms with E-state index in [0.29, 0.717) is 43.1 Å². The van der Waals surface area contributed by atoms with Crippen LogP contribution in [-0.4, -0.2) is 42.6 Å². The number of nitriles is 1. The minimum atomic E-state index is -2.14. The number of nitrogens with zero attached hydrogens (tertiary/aromatic N) is 3. The molecule has 0 saturated heterocycles. The highest BCUT2D eigenvalue weighted by atomic mass is 28.4. The Morgan fingerprint density at radius 2 is 1.70 bits per heavy atom. The molecule has 0 aliphatic rings. The van der Waals surface area contributed by atoms with Crippen molar-refractivity contribution >= 4 is 20.2 Å². The molecule has 1 amide bonds. The van der Waals surface area contributed by atoms with Crippen LogP contribution in [0.5, 0.6) is 11.5 Å². The Kier molecular flexibility index (Phi) is 9.96. The highest BCUT2D eigenvalue weighted by Gasteiger charge is 2.39. The summed E-state index contributed by atoms with van der Waals surface area (Å²) in [6.45, 7) is 12.0. The van der Waals surface area contributed by atoms with Crippen LogP contribution < -0.4 is 14.9 Å². The van der Waals surface area contributed by atoms with E-state index in [1.165, 1.54) is 4.90 Å². The summed E-state index contributed by atoms with van der Waals surface area (Å²) in [5, 5.41) is 19.6. The normalized spacial score (nSPS) is 11.5. The van der Waals surface area contributed by atoms with Crippen molar-refractivity contribution in [2.24, 2.45) is 0 Å². The minimum absolute atomic E-state index is 0.0106. The summed E-state index contributed by atoms with van der Waals surface area (Å²) < 4.78 is 12.7. The van der Waals surface area contributed by atoms with Crippen LogP contribution in [0.1, 0.15) is 38.3 Å². The van der Waals surface area contributed by atoms with Crippen molar-refractivity contribution in [1.29, 1.82) is 5.26 Å². The van der Waals surface area contributed by atoms with Crippen molar-refractivity contribution in [2.75, 3.05) is 18.9 Å². The van der Waals surface area contributed by atoms with Crippen molar-refractivity contribution in [2.45, 2.75) is 51.9 Å². The Bertz CT molecular complexity index is 1650. The van der Waals surface area contributed by atoms with E-state index in [0.717, 1.165) is 22.4 Å². The summed E-state index contributed by atoms with van der Waals surface area (Å²) in [7, 11) is -2.14. The van der Waals surface area contributed by atoms with Gasteiger partial charge in [0.1, 0.15) is 28.9 Å². The number of nitrogens with two attached hydrogens (primary N) is 1. The number of benzene rings is 3. The van der Waals surface area contributed by atoms with Gasteiger partial charge >= 0.3 is 6.09 Å². The second-order valence-corrected chi connectivity index (χ2v) is 16.9. The molecular weight excluding hydrogens is 568 g/mol. The Hall–Kier alpha value is -4.81. The highest BCUT2D eigenvalue weighted by molar-refractivity contribution is 6.74. The average Bonchev–Trinajstić information content (AvgIpc) is 2.98. The zero-order chi connectivity index (χ0) is 31.9. The van der Waals surface area contributed by atoms with E-state index in [2.05, 4.69) is 44.9 Å². The lowest BCUT2D eigenvalue weighted by atomic mass is 9.98. The van der Waals surface area contributed by atoms with Crippen LogP contribution in [0.2, 0.25) is 18.1 Å². The fraction of sp³-hybridized carbons (Fsp3) is 0.286. The van der Waals surface area contributed by atoms with Crippen LogP contribution in [0.3, 0.4) is 0 Å². The molecule has 1 heterocycles. The zero-order valence-corrected chi connectivity index (χ0v) is 27.0. The van der Waals surface area contributed by atoms with Crippen molar-refractivity contribution in [3.63, 3.8) is 0 Å². The van der Waals surface area contributed by atoms with Crippen LogP contribution in [0, 0.1) is 11.3 Å². The molecule has 4 aromatic rings. The minimum Gasteiger partial charge on any atom is -0.543 e. The Labute approximate surface area is 260 Å². The van der Waals surface area contributed by atoms with Gasteiger partial charge in [-0.3, -0.25) is 0 Å². The van der Waals surface area contributed by atoms with E-state index < -0.39 is 14.4 Å². The molecule has 0 aliphatic heterocycles. The first-order chi connectivity index (χ1) is 20.9. The molecule has 44 heavy (non-hydrogen) atoms. The summed E-state index contributed by atoms with van der Waals surface area (Å²) in [4.78, 5) is 17.7. The number of aromatic nitrogens is 1. The number of ether oxygens (including phenoxy) is 1. The van der Waals surface area contributed by atoms with Crippen molar-refractivity contribution in [3.8, 4) is 40.0 Å². The maximum atomic E-state index is 11.8. The third-order valence-corrected chi connectivity index (χ3v) is 12.3. The molecular formula is C35H40N4O4Si. The van der Waals surface area contributed by atoms with Crippen molar-refractivity contribution in [1.82, 2.24) is 9.88 Å². The molecule has 8 nitrogen and oxygen atoms in total. The number of carboxylic acid groups (broad SMARTS) is 1. The maximum absolute atomic E-state index is 11.8. The first-order valence-corrected chi connectivity index (χ1v) is 17.5. The molecule has 0 fully saturated rings. The largest absolute Gasteiger partial charge is 0.543 e. The third kappa shape index (κ3) is 7.77. The summed E-state index contributed by atoms with van der Waals surface area (Å²) >= 11 is 0. The van der Waals surface area contributed by atoms with Gasteiger partial charge in [-0.2, -0.15) is 5.26 Å². The molecule has 0 spiro atoms. The summed E-state index contributed by atoms with van der Waals surface area (Å²) in [5.41, 5.74) is 10.4. The van der Waals surface area contributed by atoms with Gasteiger partial charge in [0, 0.05) is 24.2 Å². The number of anilines is 1. The predicted octanol–water partition coefficient (Wildman–Crippen LogP) is 8.20. The van der Waals surface area contributed by atoms with Gasteiger partial charge in [-0.25, -0.2) is 9.78 Å². The lowest BCUT2D eigenvalue weighted by Gasteiger charge is -2.37. The number of carbonyl (C=O) groups is 1. The smallest absolute Gasteiger partial charge is 0.407 e. The molecule has 0 atom stereocenters. The highest BCUT2D eigenvalue weighted by Crippen LogP contribution is 2.41. The van der Waals surface area contributed by atoms with Gasteiger partial charge in [0.15, 0.2) is 0 Å². The van der Waals surface area contributed by atoms with Crippen molar-refractivity contribution in [3.05, 3.63) is 96.1 Å². The lowest BCUT2D eigenvalue weighted by Crippen LogP contribution is -2.44. The average molecular weight is 609 g/mol. The Morgan fingerprint density at radius 1 is 1.00 bits per heavy atom. The molecule has 3 N–H and O–H groups in total. The van der Waals surface area contributed by atoms with Crippen LogP contribution in [0.4, 0.5) is 10.6 Å². The summed E-state index contributed by atoms with van der Waals surface area (Å²) in [6.07, 6.45) is -0.452. The Balaban J connectivity index is 1.55. The lowest BCUT2D eigenvalue weighted by molar-refractivity contribution is 0.138. The van der Waals surface area contributed by atoms with E-state index in [1.54, 1.807) is 0 Å². The van der Waals surface area contributed by atoms with E-state index in [9.17, 15) is 15.2 Å². The fourth-order valence-corrected chi connectivity index (χ4v) is 5.52. The monoisotopic (exact) mass is 608 g/mol. The standard InChI is InChI=1S/C35H40N4O4Si/c1-35(2,3)44(4,5)43-32-18-10-9-17-28(32)31-22-29(30(23-36)33(37)38-31)26-15-11-16-27(21-26)42-20-12-19-39(34(40)41)24-25-13-7-6-8-14-25/h6-11,13-18,21-22H,12,19-20,24H2,1-5H3,(H2,37,38)(H,40,41). The number of amides is 1. The fourth-order valence-electron chi connectivity index (χ4n) is 4.49. The van der Waals surface area contributed by atoms with Crippen LogP contribution in [-0.2, 0) is 6.54 Å². The molecule has 1 aromatic heterocycles.